The van der Waals surface area contributed by atoms with Crippen molar-refractivity contribution < 1.29 is 23.9 Å². The first kappa shape index (κ1) is 24.3. The van der Waals surface area contributed by atoms with Crippen LogP contribution in [-0.4, -0.2) is 74.0 Å². The number of methoxy groups -OCH3 is 1. The first-order valence-electron chi connectivity index (χ1n) is 10.4. The molecule has 3 rings (SSSR count). The van der Waals surface area contributed by atoms with Crippen LogP contribution in [0.3, 0.4) is 0 Å². The molecule has 1 unspecified atom stereocenters. The van der Waals surface area contributed by atoms with Gasteiger partial charge in [0.25, 0.3) is 0 Å². The predicted molar refractivity (Wildman–Crippen MR) is 115 cm³/mol. The van der Waals surface area contributed by atoms with Crippen LogP contribution in [0, 0.1) is 6.92 Å². The largest absolute Gasteiger partial charge is 0.467 e. The number of carbonyl (C=O) groups is 4. The highest BCUT2D eigenvalue weighted by Gasteiger charge is 2.53. The van der Waals surface area contributed by atoms with Gasteiger partial charge in [-0.3, -0.25) is 14.4 Å². The maximum Gasteiger partial charge on any atom is 0.328 e. The molecule has 1 aromatic rings. The summed E-state index contributed by atoms with van der Waals surface area (Å²) >= 11 is 0. The smallest absolute Gasteiger partial charge is 0.328 e. The lowest BCUT2D eigenvalue weighted by Gasteiger charge is -2.33. The van der Waals surface area contributed by atoms with Crippen molar-refractivity contribution in [2.45, 2.75) is 44.2 Å². The van der Waals surface area contributed by atoms with E-state index in [0.717, 1.165) is 12.8 Å². The minimum atomic E-state index is -0.910. The average molecular weight is 433 g/mol. The molecule has 1 aromatic carbocycles. The van der Waals surface area contributed by atoms with Gasteiger partial charge in [-0.1, -0.05) is 35.9 Å². The van der Waals surface area contributed by atoms with Crippen LogP contribution in [0.2, 0.25) is 0 Å². The van der Waals surface area contributed by atoms with Gasteiger partial charge >= 0.3 is 5.97 Å². The maximum absolute atomic E-state index is 12.3. The van der Waals surface area contributed by atoms with Gasteiger partial charge in [0.15, 0.2) is 0 Å². The summed E-state index contributed by atoms with van der Waals surface area (Å²) in [6.07, 6.45) is 1.81. The second kappa shape index (κ2) is 11.5. The fraction of sp³-hybridized carbons (Fsp3) is 0.545. The molecule has 0 radical (unpaired) electrons. The van der Waals surface area contributed by atoms with Gasteiger partial charge in [0, 0.05) is 26.6 Å². The van der Waals surface area contributed by atoms with Gasteiger partial charge in [-0.15, -0.1) is 0 Å². The van der Waals surface area contributed by atoms with E-state index < -0.39 is 23.5 Å². The quantitative estimate of drug-likeness (QED) is 0.528. The molecule has 1 atom stereocenters. The molecular formula is C22H32N4O5. The molecule has 170 valence electrons. The summed E-state index contributed by atoms with van der Waals surface area (Å²) in [4.78, 5) is 49.1. The van der Waals surface area contributed by atoms with Crippen molar-refractivity contribution in [2.24, 2.45) is 0 Å². The summed E-state index contributed by atoms with van der Waals surface area (Å²) in [7, 11) is 2.72. The van der Waals surface area contributed by atoms with Crippen LogP contribution in [0.25, 0.3) is 0 Å². The van der Waals surface area contributed by atoms with Crippen molar-refractivity contribution in [3.63, 3.8) is 0 Å². The molecule has 1 heterocycles. The number of carbonyl (C=O) groups excluding carboxylic acids is 4. The lowest BCUT2D eigenvalue weighted by molar-refractivity contribution is -0.146. The topological polar surface area (TPSA) is 117 Å². The summed E-state index contributed by atoms with van der Waals surface area (Å²) in [6, 6.07) is 9.35. The van der Waals surface area contributed by atoms with Gasteiger partial charge < -0.3 is 25.6 Å². The van der Waals surface area contributed by atoms with E-state index >= 15 is 0 Å². The van der Waals surface area contributed by atoms with Gasteiger partial charge in [-0.2, -0.15) is 0 Å². The molecule has 1 spiro atoms. The first-order chi connectivity index (χ1) is 14.8. The van der Waals surface area contributed by atoms with E-state index in [9.17, 15) is 19.2 Å². The molecule has 9 heteroatoms. The van der Waals surface area contributed by atoms with E-state index in [4.69, 9.17) is 0 Å². The maximum atomic E-state index is 12.3. The number of ether oxygens (including phenoxy) is 1. The fourth-order valence-electron chi connectivity index (χ4n) is 3.32. The van der Waals surface area contributed by atoms with Crippen molar-refractivity contribution in [3.05, 3.63) is 35.9 Å². The van der Waals surface area contributed by atoms with E-state index in [1.807, 2.05) is 18.2 Å². The van der Waals surface area contributed by atoms with Crippen molar-refractivity contribution in [2.75, 3.05) is 33.8 Å². The summed E-state index contributed by atoms with van der Waals surface area (Å²) in [6.45, 7) is 3.08. The zero-order valence-electron chi connectivity index (χ0n) is 18.4. The lowest BCUT2D eigenvalue weighted by atomic mass is 10.1. The molecule has 0 bridgehead atoms. The lowest BCUT2D eigenvalue weighted by Crippen LogP contribution is -2.59. The second-order valence-electron chi connectivity index (χ2n) is 7.75. The van der Waals surface area contributed by atoms with Crippen molar-refractivity contribution in [1.29, 1.82) is 0 Å². The minimum Gasteiger partial charge on any atom is -0.467 e. The number of aryl methyl sites for hydroxylation is 1. The van der Waals surface area contributed by atoms with Crippen LogP contribution in [0.1, 0.15) is 31.2 Å². The summed E-state index contributed by atoms with van der Waals surface area (Å²) in [5.74, 6) is -1.35. The molecule has 2 aliphatic rings. The highest BCUT2D eigenvalue weighted by Crippen LogP contribution is 2.38. The third kappa shape index (κ3) is 7.36. The number of amides is 3. The van der Waals surface area contributed by atoms with Crippen LogP contribution in [0.15, 0.2) is 30.3 Å². The number of piperazine rings is 1. The van der Waals surface area contributed by atoms with Crippen LogP contribution in [-0.2, 0) is 23.9 Å². The number of hydrogen-bond acceptors (Lipinski definition) is 6. The number of esters is 1. The Labute approximate surface area is 182 Å². The molecule has 1 aliphatic carbocycles. The molecule has 2 fully saturated rings. The zero-order valence-corrected chi connectivity index (χ0v) is 18.4. The Morgan fingerprint density at radius 2 is 1.87 bits per heavy atom. The Bertz CT molecular complexity index is 779. The van der Waals surface area contributed by atoms with E-state index in [1.165, 1.54) is 24.6 Å². The van der Waals surface area contributed by atoms with Crippen LogP contribution < -0.4 is 16.0 Å². The zero-order chi connectivity index (χ0) is 22.9. The van der Waals surface area contributed by atoms with Crippen LogP contribution in [0.5, 0.6) is 0 Å². The third-order valence-electron chi connectivity index (χ3n) is 5.33. The Kier molecular flexibility index (Phi) is 8.99. The molecule has 3 N–H and O–H groups in total. The monoisotopic (exact) mass is 432 g/mol. The first-order valence-corrected chi connectivity index (χ1v) is 10.4. The molecule has 31 heavy (non-hydrogen) atoms. The Morgan fingerprint density at radius 1 is 1.19 bits per heavy atom. The Hall–Kier alpha value is -2.94. The fourth-order valence-corrected chi connectivity index (χ4v) is 3.32. The molecular weight excluding hydrogens is 400 g/mol. The number of benzene rings is 1. The average Bonchev–Trinajstić information content (AvgIpc) is 3.55. The number of hydrogen-bond donors (Lipinski definition) is 3. The predicted octanol–water partition coefficient (Wildman–Crippen LogP) is 0.130. The third-order valence-corrected chi connectivity index (χ3v) is 5.33. The van der Waals surface area contributed by atoms with E-state index in [1.54, 1.807) is 0 Å². The van der Waals surface area contributed by atoms with Crippen molar-refractivity contribution >= 4 is 23.7 Å². The van der Waals surface area contributed by atoms with Gasteiger partial charge in [-0.05, 0) is 26.2 Å². The number of rotatable bonds is 7. The van der Waals surface area contributed by atoms with E-state index in [-0.39, 0.29) is 31.2 Å². The Balaban J connectivity index is 0.000000412. The number of nitrogens with one attached hydrogen (secondary N) is 3. The summed E-state index contributed by atoms with van der Waals surface area (Å²) < 4.78 is 4.66. The highest BCUT2D eigenvalue weighted by atomic mass is 16.5. The van der Waals surface area contributed by atoms with Gasteiger partial charge in [0.2, 0.25) is 17.7 Å². The molecule has 9 nitrogen and oxygen atoms in total. The summed E-state index contributed by atoms with van der Waals surface area (Å²) in [5.41, 5.74) is 0.849. The Morgan fingerprint density at radius 3 is 2.39 bits per heavy atom. The van der Waals surface area contributed by atoms with Gasteiger partial charge in [0.05, 0.1) is 19.2 Å². The second-order valence-corrected chi connectivity index (χ2v) is 7.75. The minimum absolute atomic E-state index is 0.0659. The SMILES string of the molecule is CNC(=O)CCC(NC(=O)CN1CCNC2(CC2)C1=O)C(=O)OC.Cc1ccccc1. The molecule has 1 aliphatic heterocycles. The van der Waals surface area contributed by atoms with E-state index in [2.05, 4.69) is 39.7 Å². The molecule has 0 aromatic heterocycles. The highest BCUT2D eigenvalue weighted by molar-refractivity contribution is 5.94. The van der Waals surface area contributed by atoms with Gasteiger partial charge in [-0.25, -0.2) is 4.79 Å². The van der Waals surface area contributed by atoms with Crippen molar-refractivity contribution in [1.82, 2.24) is 20.9 Å². The number of nitrogens with zero attached hydrogens (tertiary/aromatic N) is 1. The molecule has 1 saturated heterocycles. The van der Waals surface area contributed by atoms with Crippen LogP contribution >= 0.6 is 0 Å². The normalized spacial score (nSPS) is 17.1. The molecule has 3 amide bonds. The summed E-state index contributed by atoms with van der Waals surface area (Å²) in [5, 5.41) is 8.20. The van der Waals surface area contributed by atoms with Crippen LogP contribution in [0.4, 0.5) is 0 Å². The van der Waals surface area contributed by atoms with Gasteiger partial charge in [0.1, 0.15) is 6.04 Å². The molecule has 1 saturated carbocycles. The standard InChI is InChI=1S/C15H24N4O5.C7H8/c1-16-11(20)4-3-10(13(22)24-2)18-12(21)9-19-8-7-17-15(5-6-15)14(19)23;1-7-5-3-2-4-6-7/h10,17H,3-9H2,1-2H3,(H,16,20)(H,18,21);2-6H,1H3. The van der Waals surface area contributed by atoms with E-state index in [0.29, 0.717) is 13.1 Å². The van der Waals surface area contributed by atoms with Crippen molar-refractivity contribution in [3.8, 4) is 0 Å².